The summed E-state index contributed by atoms with van der Waals surface area (Å²) in [5.74, 6) is 1.25. The van der Waals surface area contributed by atoms with Crippen LogP contribution in [0, 0.1) is 0 Å². The summed E-state index contributed by atoms with van der Waals surface area (Å²) in [6.45, 7) is 3.34. The van der Waals surface area contributed by atoms with Gasteiger partial charge in [0.15, 0.2) is 0 Å². The van der Waals surface area contributed by atoms with E-state index in [1.807, 2.05) is 0 Å². The van der Waals surface area contributed by atoms with E-state index in [2.05, 4.69) is 15.6 Å². The second-order valence-electron chi connectivity index (χ2n) is 4.65. The number of aliphatic imine (C=N–C) groups is 1. The van der Waals surface area contributed by atoms with Crippen LogP contribution in [-0.2, 0) is 0 Å². The van der Waals surface area contributed by atoms with Crippen LogP contribution in [-0.4, -0.2) is 31.5 Å². The maximum atomic E-state index is 4.50. The van der Waals surface area contributed by atoms with E-state index in [1.165, 1.54) is 50.9 Å². The molecule has 15 heavy (non-hydrogen) atoms. The van der Waals surface area contributed by atoms with Gasteiger partial charge in [-0.05, 0) is 38.6 Å². The molecule has 2 aliphatic rings. The van der Waals surface area contributed by atoms with Crippen LogP contribution in [0.3, 0.4) is 0 Å². The lowest BCUT2D eigenvalue weighted by molar-refractivity contribution is 0.382. The number of hydrogen-bond donors (Lipinski definition) is 2. The summed E-state index contributed by atoms with van der Waals surface area (Å²) in [5, 5.41) is 7.06. The van der Waals surface area contributed by atoms with Crippen molar-refractivity contribution in [3.8, 4) is 0 Å². The van der Waals surface area contributed by atoms with Crippen molar-refractivity contribution in [1.29, 1.82) is 0 Å². The number of amidine groups is 1. The topological polar surface area (TPSA) is 36.4 Å². The van der Waals surface area contributed by atoms with Crippen LogP contribution < -0.4 is 10.6 Å². The number of rotatable bonds is 3. The summed E-state index contributed by atoms with van der Waals surface area (Å²) < 4.78 is 0. The Balaban J connectivity index is 1.59. The number of nitrogens with one attached hydrogen (secondary N) is 2. The van der Waals surface area contributed by atoms with Crippen LogP contribution in [0.1, 0.15) is 44.9 Å². The molecule has 86 valence electrons. The molecule has 0 aliphatic carbocycles. The molecule has 0 aromatic carbocycles. The molecule has 1 unspecified atom stereocenters. The van der Waals surface area contributed by atoms with Gasteiger partial charge in [0.05, 0.1) is 5.84 Å². The van der Waals surface area contributed by atoms with Crippen molar-refractivity contribution in [2.24, 2.45) is 4.99 Å². The molecule has 2 aliphatic heterocycles. The molecule has 0 amide bonds. The van der Waals surface area contributed by atoms with E-state index in [-0.39, 0.29) is 0 Å². The molecule has 2 N–H and O–H groups in total. The zero-order valence-electron chi connectivity index (χ0n) is 9.60. The van der Waals surface area contributed by atoms with Crippen molar-refractivity contribution >= 4 is 5.84 Å². The molecular formula is C12H23N3. The highest BCUT2D eigenvalue weighted by atomic mass is 15.0. The van der Waals surface area contributed by atoms with E-state index in [0.717, 1.165) is 25.6 Å². The standard InChI is InChI=1S/C12H23N3/c1-3-8-13-11(5-1)7-10-15-12-6-2-4-9-14-12/h11,13H,1-10H2,(H,14,15). The van der Waals surface area contributed by atoms with Gasteiger partial charge in [-0.1, -0.05) is 6.42 Å². The molecular weight excluding hydrogens is 186 g/mol. The number of nitrogens with zero attached hydrogens (tertiary/aromatic N) is 1. The Hall–Kier alpha value is -0.570. The number of piperidine rings is 1. The quantitative estimate of drug-likeness (QED) is 0.742. The molecule has 1 atom stereocenters. The fraction of sp³-hybridized carbons (Fsp3) is 0.917. The second kappa shape index (κ2) is 6.11. The van der Waals surface area contributed by atoms with E-state index in [1.54, 1.807) is 0 Å². The van der Waals surface area contributed by atoms with Gasteiger partial charge in [-0.3, -0.25) is 4.99 Å². The van der Waals surface area contributed by atoms with E-state index < -0.39 is 0 Å². The fourth-order valence-electron chi connectivity index (χ4n) is 2.40. The van der Waals surface area contributed by atoms with Crippen molar-refractivity contribution in [2.45, 2.75) is 51.0 Å². The Bertz CT molecular complexity index is 207. The first-order valence-corrected chi connectivity index (χ1v) is 6.46. The van der Waals surface area contributed by atoms with Gasteiger partial charge >= 0.3 is 0 Å². The Kier molecular flexibility index (Phi) is 4.45. The third-order valence-corrected chi connectivity index (χ3v) is 3.36. The van der Waals surface area contributed by atoms with Gasteiger partial charge in [-0.15, -0.1) is 0 Å². The smallest absolute Gasteiger partial charge is 0.0963 e. The Morgan fingerprint density at radius 2 is 2.27 bits per heavy atom. The summed E-state index contributed by atoms with van der Waals surface area (Å²) in [7, 11) is 0. The molecule has 0 radical (unpaired) electrons. The summed E-state index contributed by atoms with van der Waals surface area (Å²) in [6.07, 6.45) is 9.11. The van der Waals surface area contributed by atoms with Gasteiger partial charge in [0.1, 0.15) is 0 Å². The van der Waals surface area contributed by atoms with Crippen LogP contribution in [0.15, 0.2) is 4.99 Å². The molecule has 0 saturated carbocycles. The summed E-state index contributed by atoms with van der Waals surface area (Å²) >= 11 is 0. The summed E-state index contributed by atoms with van der Waals surface area (Å²) in [5.41, 5.74) is 0. The van der Waals surface area contributed by atoms with Gasteiger partial charge in [0.2, 0.25) is 0 Å². The predicted molar refractivity (Wildman–Crippen MR) is 64.4 cm³/mol. The van der Waals surface area contributed by atoms with Crippen LogP contribution >= 0.6 is 0 Å². The minimum atomic E-state index is 0.746. The third kappa shape index (κ3) is 3.82. The van der Waals surface area contributed by atoms with E-state index in [4.69, 9.17) is 0 Å². The van der Waals surface area contributed by atoms with Crippen molar-refractivity contribution in [3.63, 3.8) is 0 Å². The van der Waals surface area contributed by atoms with Crippen LogP contribution in [0.5, 0.6) is 0 Å². The van der Waals surface area contributed by atoms with Gasteiger partial charge in [0, 0.05) is 25.6 Å². The maximum absolute atomic E-state index is 4.50. The normalized spacial score (nSPS) is 27.2. The largest absolute Gasteiger partial charge is 0.374 e. The van der Waals surface area contributed by atoms with Crippen LogP contribution in [0.2, 0.25) is 0 Å². The molecule has 0 bridgehead atoms. The number of hydrogen-bond acceptors (Lipinski definition) is 3. The summed E-state index contributed by atoms with van der Waals surface area (Å²) in [4.78, 5) is 4.50. The van der Waals surface area contributed by atoms with Crippen molar-refractivity contribution < 1.29 is 0 Å². The van der Waals surface area contributed by atoms with Gasteiger partial charge < -0.3 is 10.6 Å². The third-order valence-electron chi connectivity index (χ3n) is 3.36. The highest BCUT2D eigenvalue weighted by Gasteiger charge is 2.12. The highest BCUT2D eigenvalue weighted by Crippen LogP contribution is 2.09. The molecule has 2 heterocycles. The molecule has 3 nitrogen and oxygen atoms in total. The SMILES string of the molecule is C1CCC(NCCC2CCCCN2)=NC1. The van der Waals surface area contributed by atoms with E-state index in [9.17, 15) is 0 Å². The first-order valence-electron chi connectivity index (χ1n) is 6.46. The maximum Gasteiger partial charge on any atom is 0.0963 e. The molecule has 0 aromatic heterocycles. The van der Waals surface area contributed by atoms with E-state index in [0.29, 0.717) is 0 Å². The van der Waals surface area contributed by atoms with Crippen molar-refractivity contribution in [1.82, 2.24) is 10.6 Å². The first kappa shape index (κ1) is 10.9. The molecule has 0 aromatic rings. The van der Waals surface area contributed by atoms with Crippen LogP contribution in [0.4, 0.5) is 0 Å². The van der Waals surface area contributed by atoms with Gasteiger partial charge in [0.25, 0.3) is 0 Å². The first-order chi connectivity index (χ1) is 7.45. The molecule has 0 spiro atoms. The van der Waals surface area contributed by atoms with E-state index >= 15 is 0 Å². The lowest BCUT2D eigenvalue weighted by atomic mass is 10.0. The fourth-order valence-corrected chi connectivity index (χ4v) is 2.40. The summed E-state index contributed by atoms with van der Waals surface area (Å²) in [6, 6.07) is 0.746. The average Bonchev–Trinajstić information content (AvgIpc) is 2.32. The lowest BCUT2D eigenvalue weighted by Gasteiger charge is -2.24. The highest BCUT2D eigenvalue weighted by molar-refractivity contribution is 5.82. The van der Waals surface area contributed by atoms with Crippen molar-refractivity contribution in [3.05, 3.63) is 0 Å². The average molecular weight is 209 g/mol. The Morgan fingerprint density at radius 1 is 1.27 bits per heavy atom. The van der Waals surface area contributed by atoms with Gasteiger partial charge in [-0.25, -0.2) is 0 Å². The molecule has 2 rings (SSSR count). The molecule has 3 heteroatoms. The van der Waals surface area contributed by atoms with Crippen molar-refractivity contribution in [2.75, 3.05) is 19.6 Å². The second-order valence-corrected chi connectivity index (χ2v) is 4.65. The monoisotopic (exact) mass is 209 g/mol. The lowest BCUT2D eigenvalue weighted by Crippen LogP contribution is -2.37. The van der Waals surface area contributed by atoms with Gasteiger partial charge in [-0.2, -0.15) is 0 Å². The zero-order valence-corrected chi connectivity index (χ0v) is 9.60. The Labute approximate surface area is 92.7 Å². The minimum Gasteiger partial charge on any atom is -0.374 e. The predicted octanol–water partition coefficient (Wildman–Crippen LogP) is 1.69. The minimum absolute atomic E-state index is 0.746. The Morgan fingerprint density at radius 3 is 3.00 bits per heavy atom. The molecule has 1 saturated heterocycles. The van der Waals surface area contributed by atoms with Crippen LogP contribution in [0.25, 0.3) is 0 Å². The molecule has 1 fully saturated rings. The zero-order chi connectivity index (χ0) is 10.3.